The smallest absolute Gasteiger partial charge is 0.0734 e. The van der Waals surface area contributed by atoms with E-state index in [9.17, 15) is 0 Å². The molecular weight excluding hydrogens is 162 g/mol. The van der Waals surface area contributed by atoms with Gasteiger partial charge in [0.1, 0.15) is 0 Å². The average molecular weight is 179 g/mol. The fourth-order valence-corrected chi connectivity index (χ4v) is 1.54. The van der Waals surface area contributed by atoms with E-state index < -0.39 is 0 Å². The number of hydrogen-bond donors (Lipinski definition) is 2. The molecule has 3 N–H and O–H groups in total. The Labute approximate surface area is 79.4 Å². The zero-order valence-corrected chi connectivity index (χ0v) is 8.20. The maximum absolute atomic E-state index is 5.39. The normalized spacial score (nSPS) is 27.8. The van der Waals surface area contributed by atoms with Crippen molar-refractivity contribution >= 4 is 5.71 Å². The summed E-state index contributed by atoms with van der Waals surface area (Å²) in [6.45, 7) is 8.02. The van der Waals surface area contributed by atoms with Gasteiger partial charge in [-0.25, -0.2) is 0 Å². The van der Waals surface area contributed by atoms with Crippen LogP contribution in [0.4, 0.5) is 0 Å². The van der Waals surface area contributed by atoms with Crippen molar-refractivity contribution in [2.24, 2.45) is 22.7 Å². The Morgan fingerprint density at radius 2 is 2.31 bits per heavy atom. The third kappa shape index (κ3) is 1.91. The molecule has 0 aromatic carbocycles. The van der Waals surface area contributed by atoms with Gasteiger partial charge in [-0.2, -0.15) is 5.10 Å². The zero-order valence-electron chi connectivity index (χ0n) is 8.20. The second-order valence-electron chi connectivity index (χ2n) is 3.49. The molecule has 0 bridgehead atoms. The molecule has 0 amide bonds. The Bertz CT molecular complexity index is 241. The summed E-state index contributed by atoms with van der Waals surface area (Å²) in [4.78, 5) is 0. The third-order valence-corrected chi connectivity index (χ3v) is 2.24. The quantitative estimate of drug-likeness (QED) is 0.640. The van der Waals surface area contributed by atoms with E-state index >= 15 is 0 Å². The van der Waals surface area contributed by atoms with Gasteiger partial charge < -0.3 is 11.2 Å². The summed E-state index contributed by atoms with van der Waals surface area (Å²) in [5.74, 6) is 0.709. The van der Waals surface area contributed by atoms with E-state index in [4.69, 9.17) is 5.73 Å². The first-order chi connectivity index (χ1) is 6.20. The minimum Gasteiger partial charge on any atom is -0.405 e. The summed E-state index contributed by atoms with van der Waals surface area (Å²) < 4.78 is 0. The van der Waals surface area contributed by atoms with Crippen LogP contribution in [0, 0.1) is 11.8 Å². The van der Waals surface area contributed by atoms with E-state index in [0.29, 0.717) is 5.92 Å². The summed E-state index contributed by atoms with van der Waals surface area (Å²) in [5.41, 5.74) is 9.57. The molecule has 13 heavy (non-hydrogen) atoms. The molecule has 0 spiro atoms. The molecule has 72 valence electrons. The Balaban J connectivity index is 2.81. The van der Waals surface area contributed by atoms with Crippen LogP contribution in [-0.4, -0.2) is 11.8 Å². The maximum atomic E-state index is 5.39. The predicted octanol–water partition coefficient (Wildman–Crippen LogP) is 1.24. The fourth-order valence-electron chi connectivity index (χ4n) is 1.54. The molecular formula is C10H17N3. The van der Waals surface area contributed by atoms with Gasteiger partial charge in [0.2, 0.25) is 0 Å². The standard InChI is InChI=1S/C10H17N3/c1-4-9-8(5-6-11)10(7(2)3)13-12-9/h4-9,12H,1,11H2,2-3H3/b6-5+. The summed E-state index contributed by atoms with van der Waals surface area (Å²) in [6, 6.07) is 0.192. The fraction of sp³-hybridized carbons (Fsp3) is 0.500. The lowest BCUT2D eigenvalue weighted by atomic mass is 9.89. The van der Waals surface area contributed by atoms with Crippen molar-refractivity contribution in [2.75, 3.05) is 0 Å². The van der Waals surface area contributed by atoms with E-state index in [1.165, 1.54) is 0 Å². The second kappa shape index (κ2) is 4.12. The summed E-state index contributed by atoms with van der Waals surface area (Å²) in [7, 11) is 0. The second-order valence-corrected chi connectivity index (χ2v) is 3.49. The lowest BCUT2D eigenvalue weighted by molar-refractivity contribution is 0.621. The number of nitrogens with zero attached hydrogens (tertiary/aromatic N) is 1. The van der Waals surface area contributed by atoms with Crippen molar-refractivity contribution in [1.82, 2.24) is 5.43 Å². The highest BCUT2D eigenvalue weighted by Gasteiger charge is 2.28. The molecule has 0 saturated carbocycles. The molecule has 2 atom stereocenters. The number of nitrogens with two attached hydrogens (primary N) is 1. The molecule has 0 aliphatic carbocycles. The largest absolute Gasteiger partial charge is 0.405 e. The molecule has 0 radical (unpaired) electrons. The molecule has 3 nitrogen and oxygen atoms in total. The Morgan fingerprint density at radius 1 is 1.62 bits per heavy atom. The Morgan fingerprint density at radius 3 is 2.77 bits per heavy atom. The molecule has 1 heterocycles. The van der Waals surface area contributed by atoms with Crippen molar-refractivity contribution in [3.8, 4) is 0 Å². The highest BCUT2D eigenvalue weighted by atomic mass is 15.3. The van der Waals surface area contributed by atoms with Gasteiger partial charge in [0.05, 0.1) is 6.04 Å². The van der Waals surface area contributed by atoms with E-state index in [-0.39, 0.29) is 12.0 Å². The average Bonchev–Trinajstić information content (AvgIpc) is 2.48. The van der Waals surface area contributed by atoms with Crippen molar-refractivity contribution in [2.45, 2.75) is 19.9 Å². The molecule has 2 unspecified atom stereocenters. The van der Waals surface area contributed by atoms with Gasteiger partial charge in [0.15, 0.2) is 0 Å². The van der Waals surface area contributed by atoms with Gasteiger partial charge in [-0.3, -0.25) is 0 Å². The summed E-state index contributed by atoms with van der Waals surface area (Å²) in [6.07, 6.45) is 5.40. The van der Waals surface area contributed by atoms with Gasteiger partial charge in [-0.05, 0) is 12.1 Å². The van der Waals surface area contributed by atoms with Gasteiger partial charge >= 0.3 is 0 Å². The van der Waals surface area contributed by atoms with E-state index in [1.807, 2.05) is 12.2 Å². The molecule has 1 rings (SSSR count). The minimum absolute atomic E-state index is 0.192. The molecule has 3 heteroatoms. The lowest BCUT2D eigenvalue weighted by Crippen LogP contribution is -2.27. The lowest BCUT2D eigenvalue weighted by Gasteiger charge is -2.15. The van der Waals surface area contributed by atoms with E-state index in [0.717, 1.165) is 5.71 Å². The van der Waals surface area contributed by atoms with Crippen molar-refractivity contribution in [3.63, 3.8) is 0 Å². The number of hydrazone groups is 1. The maximum Gasteiger partial charge on any atom is 0.0734 e. The minimum atomic E-state index is 0.192. The van der Waals surface area contributed by atoms with Crippen LogP contribution in [0.3, 0.4) is 0 Å². The number of nitrogens with one attached hydrogen (secondary N) is 1. The summed E-state index contributed by atoms with van der Waals surface area (Å²) in [5, 5.41) is 4.28. The molecule has 0 saturated heterocycles. The first-order valence-corrected chi connectivity index (χ1v) is 4.54. The third-order valence-electron chi connectivity index (χ3n) is 2.24. The molecule has 0 aromatic rings. The van der Waals surface area contributed by atoms with Gasteiger partial charge in [0.25, 0.3) is 0 Å². The molecule has 0 aromatic heterocycles. The summed E-state index contributed by atoms with van der Waals surface area (Å²) >= 11 is 0. The van der Waals surface area contributed by atoms with Crippen molar-refractivity contribution in [1.29, 1.82) is 0 Å². The first-order valence-electron chi connectivity index (χ1n) is 4.54. The van der Waals surface area contributed by atoms with Crippen LogP contribution in [-0.2, 0) is 0 Å². The van der Waals surface area contributed by atoms with Crippen LogP contribution in [0.2, 0.25) is 0 Å². The van der Waals surface area contributed by atoms with E-state index in [1.54, 1.807) is 6.20 Å². The van der Waals surface area contributed by atoms with Crippen LogP contribution in [0.25, 0.3) is 0 Å². The highest BCUT2D eigenvalue weighted by Crippen LogP contribution is 2.20. The van der Waals surface area contributed by atoms with Crippen molar-refractivity contribution < 1.29 is 0 Å². The van der Waals surface area contributed by atoms with Crippen LogP contribution in [0.1, 0.15) is 13.8 Å². The highest BCUT2D eigenvalue weighted by molar-refractivity contribution is 5.91. The Kier molecular flexibility index (Phi) is 3.12. The number of rotatable bonds is 3. The zero-order chi connectivity index (χ0) is 9.84. The van der Waals surface area contributed by atoms with Gasteiger partial charge in [-0.15, -0.1) is 6.58 Å². The van der Waals surface area contributed by atoms with Crippen LogP contribution in [0.5, 0.6) is 0 Å². The van der Waals surface area contributed by atoms with Crippen LogP contribution < -0.4 is 11.2 Å². The number of hydrogen-bond acceptors (Lipinski definition) is 3. The SMILES string of the molecule is C=CC1NN=C(C(C)C)C1/C=C/N. The Hall–Kier alpha value is -1.25. The van der Waals surface area contributed by atoms with Crippen LogP contribution >= 0.6 is 0 Å². The molecule has 0 fully saturated rings. The monoisotopic (exact) mass is 179 g/mol. The topological polar surface area (TPSA) is 50.4 Å². The molecule has 1 aliphatic rings. The first kappa shape index (κ1) is 9.84. The van der Waals surface area contributed by atoms with Gasteiger partial charge in [-0.1, -0.05) is 26.0 Å². The van der Waals surface area contributed by atoms with Crippen molar-refractivity contribution in [3.05, 3.63) is 24.9 Å². The molecule has 1 aliphatic heterocycles. The van der Waals surface area contributed by atoms with Crippen LogP contribution in [0.15, 0.2) is 30.0 Å². The van der Waals surface area contributed by atoms with Gasteiger partial charge in [0, 0.05) is 11.6 Å². The predicted molar refractivity (Wildman–Crippen MR) is 56.2 cm³/mol. The van der Waals surface area contributed by atoms with E-state index in [2.05, 4.69) is 31.0 Å².